The van der Waals surface area contributed by atoms with Crippen LogP contribution in [0, 0.1) is 6.92 Å². The van der Waals surface area contributed by atoms with E-state index in [1.165, 1.54) is 16.1 Å². The van der Waals surface area contributed by atoms with Crippen molar-refractivity contribution in [1.82, 2.24) is 9.21 Å². The first-order chi connectivity index (χ1) is 9.80. The molecule has 2 heterocycles. The molecule has 1 unspecified atom stereocenters. The Balaban J connectivity index is 2.11. The van der Waals surface area contributed by atoms with Crippen LogP contribution < -0.4 is 0 Å². The zero-order chi connectivity index (χ0) is 15.6. The molecule has 1 atom stereocenters. The second-order valence-electron chi connectivity index (χ2n) is 5.61. The molecule has 21 heavy (non-hydrogen) atoms. The molecule has 0 N–H and O–H groups in total. The van der Waals surface area contributed by atoms with Crippen molar-refractivity contribution in [2.24, 2.45) is 0 Å². The monoisotopic (exact) mass is 330 g/mol. The van der Waals surface area contributed by atoms with Gasteiger partial charge in [0.1, 0.15) is 6.04 Å². The summed E-state index contributed by atoms with van der Waals surface area (Å²) in [5.74, 6) is -0.104. The van der Waals surface area contributed by atoms with Gasteiger partial charge in [0, 0.05) is 18.5 Å². The summed E-state index contributed by atoms with van der Waals surface area (Å²) in [7, 11) is -1.59. The van der Waals surface area contributed by atoms with E-state index in [0.717, 1.165) is 17.7 Å². The summed E-state index contributed by atoms with van der Waals surface area (Å²) in [5, 5.41) is 2.01. The lowest BCUT2D eigenvalue weighted by molar-refractivity contribution is -0.135. The first-order valence-corrected chi connectivity index (χ1v) is 9.78. The lowest BCUT2D eigenvalue weighted by Crippen LogP contribution is -2.51. The van der Waals surface area contributed by atoms with Crippen LogP contribution in [0.1, 0.15) is 29.7 Å². The third kappa shape index (κ3) is 3.84. The normalized spacial score (nSPS) is 20.4. The SMILES string of the molecule is Cc1ccsc1CN(C)C(=O)C1CCCCN1S(C)(=O)=O. The molecular weight excluding hydrogens is 308 g/mol. The van der Waals surface area contributed by atoms with Crippen LogP contribution in [0.5, 0.6) is 0 Å². The van der Waals surface area contributed by atoms with Crippen LogP contribution in [0.3, 0.4) is 0 Å². The lowest BCUT2D eigenvalue weighted by atomic mass is 10.0. The van der Waals surface area contributed by atoms with Gasteiger partial charge in [0.25, 0.3) is 0 Å². The number of rotatable bonds is 4. The Hall–Kier alpha value is -0.920. The maximum Gasteiger partial charge on any atom is 0.241 e. The summed E-state index contributed by atoms with van der Waals surface area (Å²) >= 11 is 1.62. The fraction of sp³-hybridized carbons (Fsp3) is 0.643. The molecule has 2 rings (SSSR count). The quantitative estimate of drug-likeness (QED) is 0.846. The summed E-state index contributed by atoms with van der Waals surface area (Å²) in [6.45, 7) is 3.01. The Morgan fingerprint density at radius 3 is 2.76 bits per heavy atom. The van der Waals surface area contributed by atoms with Gasteiger partial charge >= 0.3 is 0 Å². The fourth-order valence-electron chi connectivity index (χ4n) is 2.66. The highest BCUT2D eigenvalue weighted by molar-refractivity contribution is 7.88. The van der Waals surface area contributed by atoms with Gasteiger partial charge in [0.15, 0.2) is 0 Å². The van der Waals surface area contributed by atoms with Gasteiger partial charge in [-0.3, -0.25) is 4.79 Å². The summed E-state index contributed by atoms with van der Waals surface area (Å²) in [4.78, 5) is 15.4. The number of hydrogen-bond acceptors (Lipinski definition) is 4. The molecule has 1 amide bonds. The van der Waals surface area contributed by atoms with Crippen molar-refractivity contribution < 1.29 is 13.2 Å². The van der Waals surface area contributed by atoms with Gasteiger partial charge in [-0.25, -0.2) is 8.42 Å². The predicted molar refractivity (Wildman–Crippen MR) is 84.7 cm³/mol. The number of amides is 1. The minimum absolute atomic E-state index is 0.104. The van der Waals surface area contributed by atoms with E-state index >= 15 is 0 Å². The number of carbonyl (C=O) groups is 1. The van der Waals surface area contributed by atoms with Crippen molar-refractivity contribution in [2.45, 2.75) is 38.8 Å². The third-order valence-corrected chi connectivity index (χ3v) is 6.19. The predicted octanol–water partition coefficient (Wildman–Crippen LogP) is 1.83. The number of nitrogens with zero attached hydrogens (tertiary/aromatic N) is 2. The molecule has 1 fully saturated rings. The molecule has 1 saturated heterocycles. The van der Waals surface area contributed by atoms with Gasteiger partial charge in [-0.05, 0) is 36.8 Å². The third-order valence-electron chi connectivity index (χ3n) is 3.89. The zero-order valence-electron chi connectivity index (χ0n) is 12.7. The Labute approximate surface area is 130 Å². The second-order valence-corrected chi connectivity index (χ2v) is 8.54. The molecule has 0 spiro atoms. The van der Waals surface area contributed by atoms with Gasteiger partial charge in [-0.2, -0.15) is 4.31 Å². The molecule has 1 aromatic heterocycles. The van der Waals surface area contributed by atoms with E-state index in [2.05, 4.69) is 0 Å². The van der Waals surface area contributed by atoms with E-state index < -0.39 is 16.1 Å². The van der Waals surface area contributed by atoms with Crippen LogP contribution in [0.15, 0.2) is 11.4 Å². The Kier molecular flexibility index (Phi) is 5.06. The average Bonchev–Trinajstić information content (AvgIpc) is 2.82. The van der Waals surface area contributed by atoms with Crippen molar-refractivity contribution in [1.29, 1.82) is 0 Å². The summed E-state index contributed by atoms with van der Waals surface area (Å²) in [6.07, 6.45) is 3.51. The minimum atomic E-state index is -3.34. The highest BCUT2D eigenvalue weighted by Crippen LogP contribution is 2.23. The molecule has 118 valence electrons. The summed E-state index contributed by atoms with van der Waals surface area (Å²) in [6, 6.07) is 1.49. The largest absolute Gasteiger partial charge is 0.339 e. The van der Waals surface area contributed by atoms with Gasteiger partial charge in [0.05, 0.1) is 12.8 Å². The molecule has 0 aromatic carbocycles. The van der Waals surface area contributed by atoms with Gasteiger partial charge in [0.2, 0.25) is 15.9 Å². The second kappa shape index (κ2) is 6.46. The highest BCUT2D eigenvalue weighted by Gasteiger charge is 2.35. The molecule has 0 saturated carbocycles. The molecule has 1 aliphatic heterocycles. The van der Waals surface area contributed by atoms with Crippen molar-refractivity contribution >= 4 is 27.3 Å². The number of aryl methyl sites for hydroxylation is 1. The van der Waals surface area contributed by atoms with Crippen LogP contribution >= 0.6 is 11.3 Å². The van der Waals surface area contributed by atoms with Crippen LogP contribution in [-0.2, 0) is 21.4 Å². The van der Waals surface area contributed by atoms with Crippen molar-refractivity contribution in [3.63, 3.8) is 0 Å². The standard InChI is InChI=1S/C14H22N2O3S2/c1-11-7-9-20-13(11)10-15(2)14(17)12-6-4-5-8-16(12)21(3,18)19/h7,9,12H,4-6,8,10H2,1-3H3. The number of sulfonamides is 1. The van der Waals surface area contributed by atoms with Crippen LogP contribution in [-0.4, -0.2) is 49.4 Å². The van der Waals surface area contributed by atoms with Crippen molar-refractivity contribution in [3.8, 4) is 0 Å². The molecule has 0 aliphatic carbocycles. The molecule has 0 radical (unpaired) electrons. The van der Waals surface area contributed by atoms with Crippen LogP contribution in [0.4, 0.5) is 0 Å². The molecule has 5 nitrogen and oxygen atoms in total. The topological polar surface area (TPSA) is 57.7 Å². The van der Waals surface area contributed by atoms with E-state index in [1.54, 1.807) is 23.3 Å². The summed E-state index contributed by atoms with van der Waals surface area (Å²) in [5.41, 5.74) is 1.17. The number of thiophene rings is 1. The van der Waals surface area contributed by atoms with E-state index in [4.69, 9.17) is 0 Å². The Morgan fingerprint density at radius 2 is 2.19 bits per heavy atom. The molecule has 7 heteroatoms. The van der Waals surface area contributed by atoms with Crippen LogP contribution in [0.25, 0.3) is 0 Å². The maximum absolute atomic E-state index is 12.6. The number of carbonyl (C=O) groups excluding carboxylic acids is 1. The molecular formula is C14H22N2O3S2. The molecule has 1 aromatic rings. The van der Waals surface area contributed by atoms with Gasteiger partial charge in [-0.1, -0.05) is 6.42 Å². The summed E-state index contributed by atoms with van der Waals surface area (Å²) < 4.78 is 25.1. The molecule has 1 aliphatic rings. The number of hydrogen-bond donors (Lipinski definition) is 0. The van der Waals surface area contributed by atoms with Gasteiger partial charge < -0.3 is 4.90 Å². The van der Waals surface area contributed by atoms with E-state index in [0.29, 0.717) is 19.5 Å². The fourth-order valence-corrected chi connectivity index (χ4v) is 4.74. The van der Waals surface area contributed by atoms with Crippen molar-refractivity contribution in [3.05, 3.63) is 21.9 Å². The van der Waals surface area contributed by atoms with Gasteiger partial charge in [-0.15, -0.1) is 11.3 Å². The zero-order valence-corrected chi connectivity index (χ0v) is 14.3. The highest BCUT2D eigenvalue weighted by atomic mass is 32.2. The smallest absolute Gasteiger partial charge is 0.241 e. The first-order valence-electron chi connectivity index (χ1n) is 7.05. The van der Waals surface area contributed by atoms with E-state index in [-0.39, 0.29) is 5.91 Å². The lowest BCUT2D eigenvalue weighted by Gasteiger charge is -2.34. The number of piperidine rings is 1. The number of likely N-dealkylation sites (N-methyl/N-ethyl adjacent to an activating group) is 1. The molecule has 0 bridgehead atoms. The van der Waals surface area contributed by atoms with E-state index in [1.807, 2.05) is 18.4 Å². The average molecular weight is 330 g/mol. The minimum Gasteiger partial charge on any atom is -0.339 e. The Bertz CT molecular complexity index is 609. The Morgan fingerprint density at radius 1 is 1.48 bits per heavy atom. The van der Waals surface area contributed by atoms with Crippen LogP contribution in [0.2, 0.25) is 0 Å². The maximum atomic E-state index is 12.6. The van der Waals surface area contributed by atoms with Crippen molar-refractivity contribution in [2.75, 3.05) is 19.8 Å². The van der Waals surface area contributed by atoms with E-state index in [9.17, 15) is 13.2 Å². The first kappa shape index (κ1) is 16.5.